The van der Waals surface area contributed by atoms with Crippen molar-refractivity contribution in [1.82, 2.24) is 14.5 Å². The molecule has 0 saturated heterocycles. The Morgan fingerprint density at radius 1 is 1.15 bits per heavy atom. The van der Waals surface area contributed by atoms with Gasteiger partial charge in [-0.15, -0.1) is 11.6 Å². The van der Waals surface area contributed by atoms with E-state index >= 15 is 0 Å². The summed E-state index contributed by atoms with van der Waals surface area (Å²) in [6, 6.07) is -2.12. The van der Waals surface area contributed by atoms with E-state index in [4.69, 9.17) is 28.3 Å². The largest absolute Gasteiger partial charge is 0.480 e. The highest BCUT2D eigenvalue weighted by atomic mass is 35.5. The van der Waals surface area contributed by atoms with Gasteiger partial charge in [-0.3, -0.25) is 19.5 Å². The molecule has 0 aliphatic heterocycles. The number of aryl methyl sites for hydroxylation is 1. The molecule has 0 fully saturated rings. The molecule has 1 aromatic heterocycles. The summed E-state index contributed by atoms with van der Waals surface area (Å²) in [5.41, 5.74) is 0.921. The van der Waals surface area contributed by atoms with Crippen LogP contribution in [0.15, 0.2) is 39.9 Å². The zero-order chi connectivity index (χ0) is 26.1. The Morgan fingerprint density at radius 2 is 1.70 bits per heavy atom. The van der Waals surface area contributed by atoms with Crippen LogP contribution in [0.4, 0.5) is 0 Å². The number of allylic oxidation sites excluding steroid dienone is 4. The molecule has 0 aliphatic carbocycles. The van der Waals surface area contributed by atoms with Gasteiger partial charge < -0.3 is 14.8 Å². The van der Waals surface area contributed by atoms with E-state index in [1.807, 2.05) is 40.7 Å². The number of hydrogen-bond acceptors (Lipinski definition) is 4. The lowest BCUT2D eigenvalue weighted by atomic mass is 10.0. The number of carboxylic acid groups (broad SMARTS) is 2. The van der Waals surface area contributed by atoms with Gasteiger partial charge in [0, 0.05) is 30.4 Å². The summed E-state index contributed by atoms with van der Waals surface area (Å²) in [5.74, 6) is -1.71. The number of hydrogen-bond donors (Lipinski definition) is 3. The van der Waals surface area contributed by atoms with Crippen molar-refractivity contribution in [3.8, 4) is 0 Å². The van der Waals surface area contributed by atoms with Gasteiger partial charge in [0.05, 0.1) is 6.54 Å². The molecule has 1 rings (SSSR count). The molecule has 33 heavy (non-hydrogen) atoms. The molecule has 0 aliphatic rings. The first-order valence-electron chi connectivity index (χ1n) is 10.9. The van der Waals surface area contributed by atoms with Gasteiger partial charge in [-0.2, -0.15) is 0 Å². The number of rotatable bonds is 11. The number of nitrogens with one attached hydrogen (secondary N) is 1. The molecular formula is C23H39Cl2N3O5. The van der Waals surface area contributed by atoms with Crippen LogP contribution in [0.3, 0.4) is 0 Å². The van der Waals surface area contributed by atoms with Crippen molar-refractivity contribution in [3.05, 3.63) is 45.6 Å². The summed E-state index contributed by atoms with van der Waals surface area (Å²) in [5, 5.41) is 21.7. The summed E-state index contributed by atoms with van der Waals surface area (Å²) >= 11 is 11.2. The normalized spacial score (nSPS) is 13.4. The fraction of sp³-hybridized carbons (Fsp3) is 0.609. The zero-order valence-electron chi connectivity index (χ0n) is 20.6. The third-order valence-electron chi connectivity index (χ3n) is 4.32. The van der Waals surface area contributed by atoms with Crippen molar-refractivity contribution >= 4 is 35.1 Å². The highest BCUT2D eigenvalue weighted by Crippen LogP contribution is 2.09. The third kappa shape index (κ3) is 14.7. The Balaban J connectivity index is 0. The van der Waals surface area contributed by atoms with Crippen LogP contribution in [-0.2, 0) is 23.2 Å². The molecule has 190 valence electrons. The summed E-state index contributed by atoms with van der Waals surface area (Å²) < 4.78 is 2.56. The number of aromatic nitrogens is 2. The molecule has 8 nitrogen and oxygen atoms in total. The fourth-order valence-corrected chi connectivity index (χ4v) is 2.98. The van der Waals surface area contributed by atoms with Crippen molar-refractivity contribution in [1.29, 1.82) is 0 Å². The van der Waals surface area contributed by atoms with Gasteiger partial charge in [0.15, 0.2) is 0 Å². The molecule has 2 atom stereocenters. The van der Waals surface area contributed by atoms with E-state index in [9.17, 15) is 19.5 Å². The molecule has 0 aromatic carbocycles. The van der Waals surface area contributed by atoms with Crippen LogP contribution in [0.2, 0.25) is 0 Å². The average Bonchev–Trinajstić information content (AvgIpc) is 3.06. The van der Waals surface area contributed by atoms with E-state index in [0.717, 1.165) is 11.5 Å². The van der Waals surface area contributed by atoms with Crippen LogP contribution in [0, 0.1) is 5.92 Å². The van der Waals surface area contributed by atoms with Crippen molar-refractivity contribution in [2.45, 2.75) is 73.0 Å². The number of nitrogens with zero attached hydrogens (tertiary/aromatic N) is 2. The second-order valence-electron chi connectivity index (χ2n) is 7.51. The summed E-state index contributed by atoms with van der Waals surface area (Å²) in [6.45, 7) is 11.7. The Hall–Kier alpha value is -2.03. The fourth-order valence-electron chi connectivity index (χ4n) is 2.47. The van der Waals surface area contributed by atoms with Crippen LogP contribution in [0.5, 0.6) is 0 Å². The first kappa shape index (κ1) is 33.1. The Bertz CT molecular complexity index is 828. The van der Waals surface area contributed by atoms with Crippen LogP contribution in [-0.4, -0.2) is 49.2 Å². The Labute approximate surface area is 206 Å². The van der Waals surface area contributed by atoms with E-state index < -0.39 is 24.0 Å². The van der Waals surface area contributed by atoms with Crippen LogP contribution >= 0.6 is 23.2 Å². The number of imidazole rings is 1. The quantitative estimate of drug-likeness (QED) is 0.301. The van der Waals surface area contributed by atoms with E-state index in [1.54, 1.807) is 13.1 Å². The number of carbonyl (C=O) groups is 2. The molecule has 3 N–H and O–H groups in total. The van der Waals surface area contributed by atoms with Crippen molar-refractivity contribution < 1.29 is 19.8 Å². The third-order valence-corrected chi connectivity index (χ3v) is 4.73. The molecule has 0 unspecified atom stereocenters. The molecule has 0 saturated carbocycles. The number of aliphatic carboxylic acids is 2. The monoisotopic (exact) mass is 507 g/mol. The minimum absolute atomic E-state index is 0.104. The molecular weight excluding hydrogens is 469 g/mol. The van der Waals surface area contributed by atoms with E-state index in [0.29, 0.717) is 12.3 Å². The van der Waals surface area contributed by atoms with Gasteiger partial charge in [0.25, 0.3) is 0 Å². The summed E-state index contributed by atoms with van der Waals surface area (Å²) in [7, 11) is 1.56. The molecule has 0 spiro atoms. The van der Waals surface area contributed by atoms with Gasteiger partial charge in [-0.25, -0.2) is 4.79 Å². The average molecular weight is 508 g/mol. The molecule has 0 amide bonds. The topological polar surface area (TPSA) is 114 Å². The second kappa shape index (κ2) is 18.4. The highest BCUT2D eigenvalue weighted by Gasteiger charge is 2.27. The van der Waals surface area contributed by atoms with Crippen molar-refractivity contribution in [2.24, 2.45) is 13.0 Å². The maximum Gasteiger partial charge on any atom is 0.327 e. The number of carboxylic acids is 2. The molecule has 0 bridgehead atoms. The maximum absolute atomic E-state index is 11.7. The van der Waals surface area contributed by atoms with Crippen LogP contribution in [0.25, 0.3) is 0 Å². The smallest absolute Gasteiger partial charge is 0.327 e. The summed E-state index contributed by atoms with van der Waals surface area (Å²) in [4.78, 5) is 34.2. The minimum atomic E-state index is -1.19. The lowest BCUT2D eigenvalue weighted by molar-refractivity contribution is -0.143. The molecule has 1 aromatic rings. The number of halogens is 2. The van der Waals surface area contributed by atoms with Crippen LogP contribution in [0.1, 0.15) is 54.4 Å². The van der Waals surface area contributed by atoms with Gasteiger partial charge >= 0.3 is 17.6 Å². The summed E-state index contributed by atoms with van der Waals surface area (Å²) in [6.07, 6.45) is 8.05. The van der Waals surface area contributed by atoms with E-state index in [1.165, 1.54) is 27.1 Å². The minimum Gasteiger partial charge on any atom is -0.480 e. The predicted octanol–water partition coefficient (Wildman–Crippen LogP) is 4.46. The van der Waals surface area contributed by atoms with E-state index in [2.05, 4.69) is 12.2 Å². The van der Waals surface area contributed by atoms with Crippen molar-refractivity contribution in [2.75, 3.05) is 5.88 Å². The predicted molar refractivity (Wildman–Crippen MR) is 135 cm³/mol. The zero-order valence-corrected chi connectivity index (χ0v) is 22.2. The molecule has 10 heteroatoms. The van der Waals surface area contributed by atoms with Crippen molar-refractivity contribution in [3.63, 3.8) is 0 Å². The lowest BCUT2D eigenvalue weighted by Crippen LogP contribution is -2.50. The Kier molecular flexibility index (Phi) is 18.5. The van der Waals surface area contributed by atoms with Gasteiger partial charge in [-0.1, -0.05) is 57.9 Å². The number of alkyl halides is 1. The van der Waals surface area contributed by atoms with E-state index in [-0.39, 0.29) is 18.2 Å². The van der Waals surface area contributed by atoms with Crippen LogP contribution < -0.4 is 11.0 Å². The van der Waals surface area contributed by atoms with Gasteiger partial charge in [0.2, 0.25) is 0 Å². The standard InChI is InChI=1S/C13H21N3O5.C8H12Cl2.C2H6/c1-8(2)6-9(11(17)18)14-10(12(19)20)7-16-5-4-15(3)13(16)21;1-3-7(2)6-8(10)4-5-9;1-2/h4-5,8-10,14H,6-7H2,1-3H3,(H,17,18)(H,19,20);4,6H,3,5H2,1-2H3;1-2H3/b;7-6-,8-4+;/t9-,10-;;/m0../s1. The van der Waals surface area contributed by atoms with Gasteiger partial charge in [0.1, 0.15) is 12.1 Å². The maximum atomic E-state index is 11.7. The Morgan fingerprint density at radius 3 is 2.06 bits per heavy atom. The second-order valence-corrected chi connectivity index (χ2v) is 8.25. The first-order chi connectivity index (χ1) is 15.4. The highest BCUT2D eigenvalue weighted by molar-refractivity contribution is 6.32. The SMILES string of the molecule is CC.CC(C)C[C@H](N[C@@H](Cn1ccn(C)c1=O)C(=O)O)C(=O)O.CC/C(C)=C\C(Cl)=C/CCl. The first-order valence-corrected chi connectivity index (χ1v) is 11.9. The lowest BCUT2D eigenvalue weighted by Gasteiger charge is -2.21. The molecule has 0 radical (unpaired) electrons. The molecule has 1 heterocycles. The van der Waals surface area contributed by atoms with Gasteiger partial charge in [-0.05, 0) is 31.8 Å².